The minimum atomic E-state index is -2.11. The van der Waals surface area contributed by atoms with Gasteiger partial charge in [0.1, 0.15) is 0 Å². The van der Waals surface area contributed by atoms with Crippen molar-refractivity contribution in [2.45, 2.75) is 53.1 Å². The fourth-order valence-corrected chi connectivity index (χ4v) is 9.07. The Kier molecular flexibility index (Phi) is 9.49. The van der Waals surface area contributed by atoms with Gasteiger partial charge in [0.25, 0.3) is 0 Å². The fourth-order valence-electron chi connectivity index (χ4n) is 2.28. The molecule has 0 amide bonds. The number of rotatable bonds is 11. The Balaban J connectivity index is 4.70. The molecule has 0 rings (SSSR count). The van der Waals surface area contributed by atoms with Gasteiger partial charge in [-0.25, -0.2) is 0 Å². The van der Waals surface area contributed by atoms with Crippen LogP contribution < -0.4 is 0 Å². The van der Waals surface area contributed by atoms with Crippen molar-refractivity contribution in [2.75, 3.05) is 31.7 Å². The van der Waals surface area contributed by atoms with E-state index >= 15 is 0 Å². The molecular formula is C13H31O3PSi. The van der Waals surface area contributed by atoms with Gasteiger partial charge in [-0.05, 0) is 38.3 Å². The summed E-state index contributed by atoms with van der Waals surface area (Å²) in [4.78, 5) is 0. The molecule has 0 heterocycles. The number of hydrogen-bond donors (Lipinski definition) is 0. The topological polar surface area (TPSA) is 35.5 Å². The molecule has 0 aliphatic rings. The Labute approximate surface area is 114 Å². The van der Waals surface area contributed by atoms with E-state index in [4.69, 9.17) is 8.85 Å². The van der Waals surface area contributed by atoms with E-state index in [0.29, 0.717) is 13.2 Å². The van der Waals surface area contributed by atoms with Crippen LogP contribution in [-0.4, -0.2) is 40.3 Å². The van der Waals surface area contributed by atoms with E-state index in [1.165, 1.54) is 0 Å². The summed E-state index contributed by atoms with van der Waals surface area (Å²) in [7, 11) is -4.08. The summed E-state index contributed by atoms with van der Waals surface area (Å²) in [5.41, 5.74) is 0. The maximum atomic E-state index is 12.5. The van der Waals surface area contributed by atoms with Crippen LogP contribution in [0.4, 0.5) is 0 Å². The van der Waals surface area contributed by atoms with Crippen molar-refractivity contribution in [2.24, 2.45) is 0 Å². The van der Waals surface area contributed by atoms with Crippen LogP contribution in [0.2, 0.25) is 12.1 Å². The third kappa shape index (κ3) is 6.01. The lowest BCUT2D eigenvalue weighted by atomic mass is 10.6. The second kappa shape index (κ2) is 9.30. The molecule has 0 fully saturated rings. The van der Waals surface area contributed by atoms with Crippen LogP contribution >= 0.6 is 7.14 Å². The molecule has 3 nitrogen and oxygen atoms in total. The van der Waals surface area contributed by atoms with Gasteiger partial charge >= 0.3 is 8.56 Å². The summed E-state index contributed by atoms with van der Waals surface area (Å²) in [6.07, 6.45) is 3.48. The molecule has 0 unspecified atom stereocenters. The molecule has 0 aromatic rings. The van der Waals surface area contributed by atoms with Gasteiger partial charge in [0.05, 0.1) is 7.14 Å². The molecule has 0 aliphatic heterocycles. The van der Waals surface area contributed by atoms with Crippen LogP contribution in [0.3, 0.4) is 0 Å². The molecule has 0 radical (unpaired) electrons. The van der Waals surface area contributed by atoms with Gasteiger partial charge in [-0.3, -0.25) is 0 Å². The van der Waals surface area contributed by atoms with Gasteiger partial charge < -0.3 is 13.4 Å². The Morgan fingerprint density at radius 3 is 1.72 bits per heavy atom. The highest BCUT2D eigenvalue weighted by Crippen LogP contribution is 2.46. The SMILES string of the molecule is CCC[Si](CCP(=O)(CC)CC)(OCC)OCC. The Bertz CT molecular complexity index is 234. The monoisotopic (exact) mass is 294 g/mol. The quantitative estimate of drug-likeness (QED) is 0.420. The molecule has 0 atom stereocenters. The van der Waals surface area contributed by atoms with Crippen LogP contribution in [0.1, 0.15) is 41.0 Å². The van der Waals surface area contributed by atoms with E-state index in [-0.39, 0.29) is 0 Å². The minimum absolute atomic E-state index is 0.703. The lowest BCUT2D eigenvalue weighted by Gasteiger charge is -2.31. The van der Waals surface area contributed by atoms with Crippen molar-refractivity contribution < 1.29 is 13.4 Å². The van der Waals surface area contributed by atoms with Gasteiger partial charge in [-0.1, -0.05) is 27.2 Å². The van der Waals surface area contributed by atoms with E-state index in [1.54, 1.807) is 0 Å². The smallest absolute Gasteiger partial charge is 0.338 e. The molecule has 0 spiro atoms. The standard InChI is InChI=1S/C13H31O3PSi/c1-6-12-18(15-7-2,16-8-3)13-11-17(14,9-4)10-5/h6-13H2,1-5H3. The van der Waals surface area contributed by atoms with Gasteiger partial charge in [-0.2, -0.15) is 0 Å². The molecule has 18 heavy (non-hydrogen) atoms. The van der Waals surface area contributed by atoms with Crippen molar-refractivity contribution in [3.8, 4) is 0 Å². The Morgan fingerprint density at radius 2 is 1.39 bits per heavy atom. The van der Waals surface area contributed by atoms with Crippen molar-refractivity contribution in [3.05, 3.63) is 0 Å². The molecule has 5 heteroatoms. The first-order valence-corrected chi connectivity index (χ1v) is 11.9. The third-order valence-corrected chi connectivity index (χ3v) is 11.2. The van der Waals surface area contributed by atoms with Crippen molar-refractivity contribution in [1.29, 1.82) is 0 Å². The highest BCUT2D eigenvalue weighted by molar-refractivity contribution is 7.64. The average Bonchev–Trinajstić information content (AvgIpc) is 2.37. The molecule has 0 saturated heterocycles. The molecule has 0 saturated carbocycles. The van der Waals surface area contributed by atoms with Crippen LogP contribution in [0.25, 0.3) is 0 Å². The van der Waals surface area contributed by atoms with Crippen LogP contribution in [0, 0.1) is 0 Å². The highest BCUT2D eigenvalue weighted by Gasteiger charge is 2.37. The zero-order valence-corrected chi connectivity index (χ0v) is 14.7. The van der Waals surface area contributed by atoms with Crippen molar-refractivity contribution in [3.63, 3.8) is 0 Å². The first kappa shape index (κ1) is 18.4. The van der Waals surface area contributed by atoms with Crippen LogP contribution in [0.5, 0.6) is 0 Å². The second-order valence-electron chi connectivity index (χ2n) is 4.69. The predicted molar refractivity (Wildman–Crippen MR) is 82.5 cm³/mol. The van der Waals surface area contributed by atoms with E-state index < -0.39 is 15.7 Å². The van der Waals surface area contributed by atoms with Crippen LogP contribution in [-0.2, 0) is 13.4 Å². The first-order valence-electron chi connectivity index (χ1n) is 7.36. The van der Waals surface area contributed by atoms with Gasteiger partial charge in [-0.15, -0.1) is 0 Å². The predicted octanol–water partition coefficient (Wildman–Crippen LogP) is 4.31. The lowest BCUT2D eigenvalue weighted by molar-refractivity contribution is 0.183. The second-order valence-corrected chi connectivity index (χ2v) is 11.9. The van der Waals surface area contributed by atoms with Gasteiger partial charge in [0.15, 0.2) is 0 Å². The molecule has 0 aliphatic carbocycles. The molecule has 110 valence electrons. The average molecular weight is 294 g/mol. The summed E-state index contributed by atoms with van der Waals surface area (Å²) >= 11 is 0. The Morgan fingerprint density at radius 1 is 0.889 bits per heavy atom. The fraction of sp³-hybridized carbons (Fsp3) is 1.00. The summed E-state index contributed by atoms with van der Waals surface area (Å²) in [5, 5.41) is 0. The lowest BCUT2D eigenvalue weighted by Crippen LogP contribution is -2.43. The van der Waals surface area contributed by atoms with Gasteiger partial charge in [0.2, 0.25) is 0 Å². The molecular weight excluding hydrogens is 263 g/mol. The maximum Gasteiger partial charge on any atom is 0.338 e. The molecule has 0 aromatic heterocycles. The molecule has 0 aromatic carbocycles. The third-order valence-electron chi connectivity index (χ3n) is 3.50. The summed E-state index contributed by atoms with van der Waals surface area (Å²) < 4.78 is 24.5. The highest BCUT2D eigenvalue weighted by atomic mass is 31.2. The van der Waals surface area contributed by atoms with E-state index in [9.17, 15) is 4.57 Å². The number of hydrogen-bond acceptors (Lipinski definition) is 3. The van der Waals surface area contributed by atoms with E-state index in [1.807, 2.05) is 27.7 Å². The minimum Gasteiger partial charge on any atom is -0.394 e. The maximum absolute atomic E-state index is 12.5. The largest absolute Gasteiger partial charge is 0.394 e. The zero-order valence-electron chi connectivity index (χ0n) is 12.8. The Hall–Kier alpha value is 0.367. The summed E-state index contributed by atoms with van der Waals surface area (Å²) in [6, 6.07) is 1.91. The summed E-state index contributed by atoms with van der Waals surface area (Å²) in [6.45, 7) is 11.7. The zero-order chi connectivity index (χ0) is 14.1. The van der Waals surface area contributed by atoms with Crippen molar-refractivity contribution >= 4 is 15.7 Å². The van der Waals surface area contributed by atoms with Crippen LogP contribution in [0.15, 0.2) is 0 Å². The van der Waals surface area contributed by atoms with E-state index in [2.05, 4.69) is 6.92 Å². The van der Waals surface area contributed by atoms with Crippen molar-refractivity contribution in [1.82, 2.24) is 0 Å². The summed E-state index contributed by atoms with van der Waals surface area (Å²) in [5.74, 6) is 0. The normalized spacial score (nSPS) is 12.9. The molecule has 0 bridgehead atoms. The first-order chi connectivity index (χ1) is 8.51. The van der Waals surface area contributed by atoms with Gasteiger partial charge in [0, 0.05) is 19.4 Å². The molecule has 0 N–H and O–H groups in total. The van der Waals surface area contributed by atoms with E-state index in [0.717, 1.165) is 37.0 Å².